The SMILES string of the molecule is Cc1ccc(NCC(C(=O)O)c2ccccc2)cc1. The van der Waals surface area contributed by atoms with Crippen LogP contribution in [0.2, 0.25) is 0 Å². The van der Waals surface area contributed by atoms with E-state index in [1.807, 2.05) is 61.5 Å². The van der Waals surface area contributed by atoms with Gasteiger partial charge in [0.1, 0.15) is 0 Å². The number of anilines is 1. The zero-order valence-corrected chi connectivity index (χ0v) is 10.8. The lowest BCUT2D eigenvalue weighted by Crippen LogP contribution is -2.20. The fourth-order valence-electron chi connectivity index (χ4n) is 1.92. The van der Waals surface area contributed by atoms with E-state index < -0.39 is 11.9 Å². The lowest BCUT2D eigenvalue weighted by atomic mass is 9.99. The molecular weight excluding hydrogens is 238 g/mol. The molecule has 0 aliphatic heterocycles. The second-order valence-electron chi connectivity index (χ2n) is 4.55. The summed E-state index contributed by atoms with van der Waals surface area (Å²) in [6, 6.07) is 17.2. The predicted molar refractivity (Wildman–Crippen MR) is 76.5 cm³/mol. The van der Waals surface area contributed by atoms with Gasteiger partial charge in [0, 0.05) is 12.2 Å². The van der Waals surface area contributed by atoms with Crippen molar-refractivity contribution in [2.24, 2.45) is 0 Å². The summed E-state index contributed by atoms with van der Waals surface area (Å²) in [5.74, 6) is -1.35. The van der Waals surface area contributed by atoms with Gasteiger partial charge in [0.15, 0.2) is 0 Å². The summed E-state index contributed by atoms with van der Waals surface area (Å²) in [7, 11) is 0. The average molecular weight is 255 g/mol. The van der Waals surface area contributed by atoms with Crippen molar-refractivity contribution in [3.63, 3.8) is 0 Å². The third-order valence-electron chi connectivity index (χ3n) is 3.06. The number of hydrogen-bond donors (Lipinski definition) is 2. The summed E-state index contributed by atoms with van der Waals surface area (Å²) in [6.45, 7) is 2.40. The molecule has 1 unspecified atom stereocenters. The maximum absolute atomic E-state index is 11.3. The summed E-state index contributed by atoms with van der Waals surface area (Å²) >= 11 is 0. The molecule has 2 N–H and O–H groups in total. The van der Waals surface area contributed by atoms with E-state index in [9.17, 15) is 9.90 Å². The molecule has 0 heterocycles. The number of carboxylic acid groups (broad SMARTS) is 1. The lowest BCUT2D eigenvalue weighted by Gasteiger charge is -2.14. The molecular formula is C16H17NO2. The van der Waals surface area contributed by atoms with Crippen LogP contribution in [0.1, 0.15) is 17.0 Å². The number of hydrogen-bond acceptors (Lipinski definition) is 2. The number of carbonyl (C=O) groups is 1. The van der Waals surface area contributed by atoms with E-state index >= 15 is 0 Å². The van der Waals surface area contributed by atoms with E-state index in [0.29, 0.717) is 6.54 Å². The minimum atomic E-state index is -0.814. The van der Waals surface area contributed by atoms with Gasteiger partial charge in [-0.05, 0) is 24.6 Å². The molecule has 0 saturated carbocycles. The monoisotopic (exact) mass is 255 g/mol. The highest BCUT2D eigenvalue weighted by Crippen LogP contribution is 2.17. The summed E-state index contributed by atoms with van der Waals surface area (Å²) in [5, 5.41) is 12.5. The van der Waals surface area contributed by atoms with Gasteiger partial charge in [0.05, 0.1) is 5.92 Å². The Balaban J connectivity index is 2.06. The topological polar surface area (TPSA) is 49.3 Å². The summed E-state index contributed by atoms with van der Waals surface area (Å²) < 4.78 is 0. The molecule has 0 radical (unpaired) electrons. The van der Waals surface area contributed by atoms with Crippen molar-refractivity contribution in [1.29, 1.82) is 0 Å². The summed E-state index contributed by atoms with van der Waals surface area (Å²) in [6.07, 6.45) is 0. The highest BCUT2D eigenvalue weighted by Gasteiger charge is 2.18. The Morgan fingerprint density at radius 3 is 2.32 bits per heavy atom. The molecule has 0 fully saturated rings. The number of nitrogens with one attached hydrogen (secondary N) is 1. The number of benzene rings is 2. The molecule has 0 aliphatic rings. The molecule has 1 atom stereocenters. The van der Waals surface area contributed by atoms with Crippen molar-refractivity contribution >= 4 is 11.7 Å². The summed E-state index contributed by atoms with van der Waals surface area (Å²) in [4.78, 5) is 11.3. The van der Waals surface area contributed by atoms with Gasteiger partial charge in [0.2, 0.25) is 0 Å². The van der Waals surface area contributed by atoms with Crippen molar-refractivity contribution in [3.05, 3.63) is 65.7 Å². The van der Waals surface area contributed by atoms with Gasteiger partial charge >= 0.3 is 5.97 Å². The smallest absolute Gasteiger partial charge is 0.312 e. The van der Waals surface area contributed by atoms with E-state index in [1.54, 1.807) is 0 Å². The van der Waals surface area contributed by atoms with Gasteiger partial charge < -0.3 is 10.4 Å². The molecule has 0 amide bonds. The van der Waals surface area contributed by atoms with E-state index in [0.717, 1.165) is 11.3 Å². The maximum atomic E-state index is 11.3. The largest absolute Gasteiger partial charge is 0.481 e. The molecule has 19 heavy (non-hydrogen) atoms. The van der Waals surface area contributed by atoms with Gasteiger partial charge in [-0.25, -0.2) is 0 Å². The Morgan fingerprint density at radius 1 is 1.11 bits per heavy atom. The molecule has 2 aromatic rings. The standard InChI is InChI=1S/C16H17NO2/c1-12-7-9-14(10-8-12)17-11-15(16(18)19)13-5-3-2-4-6-13/h2-10,15,17H,11H2,1H3,(H,18,19). The van der Waals surface area contributed by atoms with Crippen LogP contribution in [-0.4, -0.2) is 17.6 Å². The third kappa shape index (κ3) is 3.58. The Bertz CT molecular complexity index is 534. The van der Waals surface area contributed by atoms with Crippen LogP contribution in [0.4, 0.5) is 5.69 Å². The molecule has 0 spiro atoms. The van der Waals surface area contributed by atoms with Gasteiger partial charge in [-0.2, -0.15) is 0 Å². The molecule has 0 bridgehead atoms. The zero-order valence-electron chi connectivity index (χ0n) is 10.8. The Labute approximate surface area is 112 Å². The lowest BCUT2D eigenvalue weighted by molar-refractivity contribution is -0.138. The summed E-state index contributed by atoms with van der Waals surface area (Å²) in [5.41, 5.74) is 2.94. The van der Waals surface area contributed by atoms with Crippen LogP contribution in [0.15, 0.2) is 54.6 Å². The Kier molecular flexibility index (Phi) is 4.18. The van der Waals surface area contributed by atoms with Crippen molar-refractivity contribution in [2.45, 2.75) is 12.8 Å². The number of aliphatic carboxylic acids is 1. The van der Waals surface area contributed by atoms with Crippen LogP contribution in [-0.2, 0) is 4.79 Å². The normalized spacial score (nSPS) is 11.8. The van der Waals surface area contributed by atoms with Crippen LogP contribution in [0.3, 0.4) is 0 Å². The van der Waals surface area contributed by atoms with Crippen LogP contribution < -0.4 is 5.32 Å². The molecule has 0 aliphatic carbocycles. The quantitative estimate of drug-likeness (QED) is 0.862. The molecule has 3 heteroatoms. The van der Waals surface area contributed by atoms with Crippen molar-refractivity contribution in [3.8, 4) is 0 Å². The highest BCUT2D eigenvalue weighted by molar-refractivity contribution is 5.77. The third-order valence-corrected chi connectivity index (χ3v) is 3.06. The first-order valence-corrected chi connectivity index (χ1v) is 6.25. The van der Waals surface area contributed by atoms with Gasteiger partial charge in [0.25, 0.3) is 0 Å². The van der Waals surface area contributed by atoms with Gasteiger partial charge in [-0.15, -0.1) is 0 Å². The molecule has 2 aromatic carbocycles. The molecule has 3 nitrogen and oxygen atoms in total. The van der Waals surface area contributed by atoms with Crippen LogP contribution >= 0.6 is 0 Å². The van der Waals surface area contributed by atoms with Gasteiger partial charge in [-0.3, -0.25) is 4.79 Å². The zero-order chi connectivity index (χ0) is 13.7. The number of rotatable bonds is 5. The van der Waals surface area contributed by atoms with E-state index in [1.165, 1.54) is 5.56 Å². The number of carboxylic acids is 1. The van der Waals surface area contributed by atoms with Crippen LogP contribution in [0.25, 0.3) is 0 Å². The van der Waals surface area contributed by atoms with Crippen molar-refractivity contribution in [2.75, 3.05) is 11.9 Å². The molecule has 2 rings (SSSR count). The molecule has 0 saturated heterocycles. The van der Waals surface area contributed by atoms with E-state index in [2.05, 4.69) is 5.32 Å². The Hall–Kier alpha value is -2.29. The first-order valence-electron chi connectivity index (χ1n) is 6.25. The molecule has 0 aromatic heterocycles. The minimum Gasteiger partial charge on any atom is -0.481 e. The van der Waals surface area contributed by atoms with E-state index in [4.69, 9.17) is 0 Å². The van der Waals surface area contributed by atoms with E-state index in [-0.39, 0.29) is 0 Å². The first kappa shape index (κ1) is 13.1. The number of aryl methyl sites for hydroxylation is 1. The second kappa shape index (κ2) is 6.05. The highest BCUT2D eigenvalue weighted by atomic mass is 16.4. The average Bonchev–Trinajstić information content (AvgIpc) is 2.42. The second-order valence-corrected chi connectivity index (χ2v) is 4.55. The fourth-order valence-corrected chi connectivity index (χ4v) is 1.92. The predicted octanol–water partition coefficient (Wildman–Crippen LogP) is 3.28. The van der Waals surface area contributed by atoms with Crippen LogP contribution in [0.5, 0.6) is 0 Å². The first-order chi connectivity index (χ1) is 9.16. The van der Waals surface area contributed by atoms with Crippen molar-refractivity contribution < 1.29 is 9.90 Å². The molecule has 98 valence electrons. The minimum absolute atomic E-state index is 0.377. The fraction of sp³-hybridized carbons (Fsp3) is 0.188. The maximum Gasteiger partial charge on any atom is 0.312 e. The van der Waals surface area contributed by atoms with Crippen molar-refractivity contribution in [1.82, 2.24) is 0 Å². The Morgan fingerprint density at radius 2 is 1.74 bits per heavy atom. The van der Waals surface area contributed by atoms with Gasteiger partial charge in [-0.1, -0.05) is 48.0 Å². The van der Waals surface area contributed by atoms with Crippen LogP contribution in [0, 0.1) is 6.92 Å².